The number of nitrogens with zero attached hydrogens (tertiary/aromatic N) is 2. The quantitative estimate of drug-likeness (QED) is 0.422. The Morgan fingerprint density at radius 3 is 1.89 bits per heavy atom. The van der Waals surface area contributed by atoms with Crippen molar-refractivity contribution in [1.82, 2.24) is 9.80 Å². The van der Waals surface area contributed by atoms with E-state index >= 15 is 0 Å². The fourth-order valence-corrected chi connectivity index (χ4v) is 5.30. The van der Waals surface area contributed by atoms with Gasteiger partial charge in [0, 0.05) is 68.2 Å². The van der Waals surface area contributed by atoms with Gasteiger partial charge in [-0.25, -0.2) is 0 Å². The van der Waals surface area contributed by atoms with Crippen molar-refractivity contribution in [2.24, 2.45) is 0 Å². The van der Waals surface area contributed by atoms with Gasteiger partial charge >= 0.3 is 0 Å². The summed E-state index contributed by atoms with van der Waals surface area (Å²) in [5.74, 6) is -0.0367. The van der Waals surface area contributed by atoms with Crippen LogP contribution in [-0.4, -0.2) is 86.3 Å². The number of likely N-dealkylation sites (tertiary alicyclic amines) is 1. The minimum atomic E-state index is -0.130. The second-order valence-electron chi connectivity index (χ2n) is 9.61. The Balaban J connectivity index is 1.31. The molecule has 2 aliphatic heterocycles. The van der Waals surface area contributed by atoms with Crippen LogP contribution in [0.1, 0.15) is 57.5 Å². The van der Waals surface area contributed by atoms with Crippen LogP contribution in [-0.2, 0) is 9.53 Å². The van der Waals surface area contributed by atoms with Gasteiger partial charge in [0.1, 0.15) is 0 Å². The molecular formula is C28H34N4O4. The molecule has 36 heavy (non-hydrogen) atoms. The second kappa shape index (κ2) is 11.2. The number of nitrogens with one attached hydrogen (secondary N) is 2. The molecule has 190 valence electrons. The zero-order valence-electron chi connectivity index (χ0n) is 20.7. The normalized spacial score (nSPS) is 17.8. The van der Waals surface area contributed by atoms with Crippen molar-refractivity contribution in [3.05, 3.63) is 58.7 Å². The van der Waals surface area contributed by atoms with Gasteiger partial charge in [-0.1, -0.05) is 24.3 Å². The van der Waals surface area contributed by atoms with Gasteiger partial charge in [-0.2, -0.15) is 0 Å². The van der Waals surface area contributed by atoms with Gasteiger partial charge in [-0.15, -0.1) is 0 Å². The van der Waals surface area contributed by atoms with E-state index in [1.54, 1.807) is 24.3 Å². The average molecular weight is 491 g/mol. The van der Waals surface area contributed by atoms with Crippen LogP contribution >= 0.6 is 0 Å². The zero-order valence-corrected chi connectivity index (χ0v) is 20.7. The highest BCUT2D eigenvalue weighted by molar-refractivity contribution is 6.31. The number of morpholine rings is 1. The number of benzene rings is 2. The Kier molecular flexibility index (Phi) is 7.63. The third-order valence-corrected chi connectivity index (χ3v) is 7.24. The summed E-state index contributed by atoms with van der Waals surface area (Å²) < 4.78 is 5.41. The van der Waals surface area contributed by atoms with E-state index in [1.165, 1.54) is 0 Å². The fourth-order valence-electron chi connectivity index (χ4n) is 5.30. The molecule has 0 atom stereocenters. The SMILES string of the molecule is O=C1c2ccccc2C(=O)c2c(NCCCN3CCCC3=O)ccc(NCCCN3CCOCC3)c21. The van der Waals surface area contributed by atoms with Gasteiger partial charge in [-0.3, -0.25) is 19.3 Å². The minimum Gasteiger partial charge on any atom is -0.384 e. The number of carbonyl (C=O) groups excluding carboxylic acids is 3. The molecule has 0 spiro atoms. The Hall–Kier alpha value is -3.23. The number of hydrogen-bond acceptors (Lipinski definition) is 7. The zero-order chi connectivity index (χ0) is 24.9. The van der Waals surface area contributed by atoms with E-state index in [-0.39, 0.29) is 17.5 Å². The minimum absolute atomic E-state index is 0.123. The number of rotatable bonds is 10. The molecule has 3 aliphatic rings. The molecule has 0 radical (unpaired) electrons. The summed E-state index contributed by atoms with van der Waals surface area (Å²) in [4.78, 5) is 43.3. The lowest BCUT2D eigenvalue weighted by Crippen LogP contribution is -2.37. The van der Waals surface area contributed by atoms with Crippen molar-refractivity contribution >= 4 is 28.8 Å². The molecule has 2 N–H and O–H groups in total. The summed E-state index contributed by atoms with van der Waals surface area (Å²) >= 11 is 0. The van der Waals surface area contributed by atoms with Crippen LogP contribution in [0.2, 0.25) is 0 Å². The van der Waals surface area contributed by atoms with Gasteiger partial charge in [0.15, 0.2) is 11.6 Å². The molecular weight excluding hydrogens is 456 g/mol. The van der Waals surface area contributed by atoms with E-state index in [4.69, 9.17) is 4.74 Å². The number of hydrogen-bond donors (Lipinski definition) is 2. The molecule has 0 unspecified atom stereocenters. The Bertz CT molecular complexity index is 1140. The maximum absolute atomic E-state index is 13.6. The van der Waals surface area contributed by atoms with Crippen LogP contribution in [0.4, 0.5) is 11.4 Å². The molecule has 2 aromatic carbocycles. The monoisotopic (exact) mass is 490 g/mol. The van der Waals surface area contributed by atoms with Gasteiger partial charge in [-0.05, 0) is 37.9 Å². The van der Waals surface area contributed by atoms with E-state index in [1.807, 2.05) is 17.0 Å². The Labute approximate surface area is 212 Å². The lowest BCUT2D eigenvalue weighted by Gasteiger charge is -2.27. The summed E-state index contributed by atoms with van der Waals surface area (Å²) in [7, 11) is 0. The standard InChI is InChI=1S/C28H34N4O4/c33-24-8-3-14-32(24)15-5-12-30-23-10-9-22(29-11-4-13-31-16-18-36-19-17-31)25-26(23)28(35)21-7-2-1-6-20(21)27(25)34/h1-2,6-7,9-10,29-30H,3-5,8,11-19H2. The molecule has 8 heteroatoms. The molecule has 0 aromatic heterocycles. The first-order valence-electron chi connectivity index (χ1n) is 13.0. The smallest absolute Gasteiger partial charge is 0.222 e. The van der Waals surface area contributed by atoms with Crippen LogP contribution in [0.5, 0.6) is 0 Å². The number of fused-ring (bicyclic) bond motifs is 2. The van der Waals surface area contributed by atoms with Crippen molar-refractivity contribution in [3.63, 3.8) is 0 Å². The highest BCUT2D eigenvalue weighted by Crippen LogP contribution is 2.36. The van der Waals surface area contributed by atoms with Crippen molar-refractivity contribution in [2.75, 3.05) is 69.7 Å². The molecule has 2 heterocycles. The van der Waals surface area contributed by atoms with Gasteiger partial charge in [0.2, 0.25) is 5.91 Å². The Morgan fingerprint density at radius 1 is 0.750 bits per heavy atom. The first kappa shape index (κ1) is 24.5. The molecule has 1 amide bonds. The van der Waals surface area contributed by atoms with Crippen LogP contribution < -0.4 is 10.6 Å². The molecule has 0 bridgehead atoms. The van der Waals surface area contributed by atoms with Crippen molar-refractivity contribution < 1.29 is 19.1 Å². The molecule has 8 nitrogen and oxygen atoms in total. The van der Waals surface area contributed by atoms with E-state index in [0.29, 0.717) is 59.7 Å². The second-order valence-corrected chi connectivity index (χ2v) is 9.61. The van der Waals surface area contributed by atoms with E-state index in [0.717, 1.165) is 58.7 Å². The van der Waals surface area contributed by atoms with Gasteiger partial charge < -0.3 is 20.3 Å². The summed E-state index contributed by atoms with van der Waals surface area (Å²) in [6, 6.07) is 10.8. The van der Waals surface area contributed by atoms with Gasteiger partial charge in [0.05, 0.1) is 24.3 Å². The third kappa shape index (κ3) is 5.15. The molecule has 1 aliphatic carbocycles. The number of ether oxygens (including phenoxy) is 1. The van der Waals surface area contributed by atoms with Crippen molar-refractivity contribution in [3.8, 4) is 0 Å². The summed E-state index contributed by atoms with van der Waals surface area (Å²) in [5, 5.41) is 6.80. The van der Waals surface area contributed by atoms with Crippen LogP contribution in [0.3, 0.4) is 0 Å². The van der Waals surface area contributed by atoms with Crippen LogP contribution in [0, 0.1) is 0 Å². The number of amides is 1. The number of ketones is 2. The lowest BCUT2D eigenvalue weighted by molar-refractivity contribution is -0.127. The maximum atomic E-state index is 13.6. The summed E-state index contributed by atoms with van der Waals surface area (Å²) in [6.07, 6.45) is 3.28. The third-order valence-electron chi connectivity index (χ3n) is 7.24. The topological polar surface area (TPSA) is 91.0 Å². The van der Waals surface area contributed by atoms with Gasteiger partial charge in [0.25, 0.3) is 0 Å². The highest BCUT2D eigenvalue weighted by Gasteiger charge is 2.33. The first-order chi connectivity index (χ1) is 17.6. The molecule has 5 rings (SSSR count). The molecule has 2 fully saturated rings. The van der Waals surface area contributed by atoms with E-state index in [9.17, 15) is 14.4 Å². The fraction of sp³-hybridized carbons (Fsp3) is 0.464. The molecule has 2 saturated heterocycles. The predicted octanol–water partition coefficient (Wildman–Crippen LogP) is 3.02. The number of carbonyl (C=O) groups is 3. The first-order valence-corrected chi connectivity index (χ1v) is 13.0. The van der Waals surface area contributed by atoms with E-state index < -0.39 is 0 Å². The summed E-state index contributed by atoms with van der Waals surface area (Å²) in [5.41, 5.74) is 3.16. The predicted molar refractivity (Wildman–Crippen MR) is 139 cm³/mol. The summed E-state index contributed by atoms with van der Waals surface area (Å²) in [6.45, 7) is 7.27. The van der Waals surface area contributed by atoms with Crippen molar-refractivity contribution in [1.29, 1.82) is 0 Å². The number of anilines is 2. The van der Waals surface area contributed by atoms with Crippen LogP contribution in [0.15, 0.2) is 36.4 Å². The van der Waals surface area contributed by atoms with Crippen molar-refractivity contribution in [2.45, 2.75) is 25.7 Å². The van der Waals surface area contributed by atoms with Crippen LogP contribution in [0.25, 0.3) is 0 Å². The molecule has 2 aromatic rings. The lowest BCUT2D eigenvalue weighted by atomic mass is 9.82. The largest absolute Gasteiger partial charge is 0.384 e. The average Bonchev–Trinajstić information content (AvgIpc) is 3.32. The highest BCUT2D eigenvalue weighted by atomic mass is 16.5. The maximum Gasteiger partial charge on any atom is 0.222 e. The molecule has 0 saturated carbocycles. The van der Waals surface area contributed by atoms with E-state index in [2.05, 4.69) is 15.5 Å². The Morgan fingerprint density at radius 2 is 1.33 bits per heavy atom.